The molecule has 2 heterocycles. The summed E-state index contributed by atoms with van der Waals surface area (Å²) >= 11 is 1.48. The predicted molar refractivity (Wildman–Crippen MR) is 68.9 cm³/mol. The minimum atomic E-state index is -0.145. The van der Waals surface area contributed by atoms with Gasteiger partial charge in [0.1, 0.15) is 0 Å². The molecule has 2 aromatic heterocycles. The van der Waals surface area contributed by atoms with Gasteiger partial charge in [-0.2, -0.15) is 0 Å². The number of nitrogens with one attached hydrogen (secondary N) is 1. The summed E-state index contributed by atoms with van der Waals surface area (Å²) in [6.45, 7) is 2.04. The molecule has 0 amide bonds. The van der Waals surface area contributed by atoms with E-state index in [9.17, 15) is 4.79 Å². The van der Waals surface area contributed by atoms with Gasteiger partial charge in [-0.05, 0) is 17.9 Å². The van der Waals surface area contributed by atoms with Gasteiger partial charge in [0.15, 0.2) is 11.5 Å². The summed E-state index contributed by atoms with van der Waals surface area (Å²) in [5.74, 6) is 0.667. The van der Waals surface area contributed by atoms with Crippen molar-refractivity contribution in [2.24, 2.45) is 0 Å². The Morgan fingerprint density at radius 1 is 1.47 bits per heavy atom. The highest BCUT2D eigenvalue weighted by Gasteiger charge is 2.12. The molecule has 0 radical (unpaired) electrons. The Kier molecular flexibility index (Phi) is 3.53. The SMILES string of the molecule is CCCc1nnc(-c2cccs2)c(=O)n1NC. The summed E-state index contributed by atoms with van der Waals surface area (Å²) in [4.78, 5) is 13.0. The fourth-order valence-electron chi connectivity index (χ4n) is 1.60. The van der Waals surface area contributed by atoms with E-state index in [1.54, 1.807) is 7.05 Å². The number of nitrogens with zero attached hydrogens (tertiary/aromatic N) is 3. The molecule has 0 fully saturated rings. The normalized spacial score (nSPS) is 10.5. The number of aryl methyl sites for hydroxylation is 1. The fourth-order valence-corrected chi connectivity index (χ4v) is 2.30. The lowest BCUT2D eigenvalue weighted by atomic mass is 10.3. The zero-order chi connectivity index (χ0) is 12.3. The van der Waals surface area contributed by atoms with Gasteiger partial charge in [-0.15, -0.1) is 21.5 Å². The number of hydrogen-bond donors (Lipinski definition) is 1. The summed E-state index contributed by atoms with van der Waals surface area (Å²) in [7, 11) is 1.71. The monoisotopic (exact) mass is 250 g/mol. The molecule has 17 heavy (non-hydrogen) atoms. The maximum atomic E-state index is 12.2. The highest BCUT2D eigenvalue weighted by atomic mass is 32.1. The van der Waals surface area contributed by atoms with Crippen LogP contribution in [0.25, 0.3) is 10.6 Å². The van der Waals surface area contributed by atoms with Crippen LogP contribution < -0.4 is 11.0 Å². The molecule has 0 aliphatic rings. The van der Waals surface area contributed by atoms with E-state index in [0.717, 1.165) is 17.7 Å². The van der Waals surface area contributed by atoms with Gasteiger partial charge in [0.05, 0.1) is 4.88 Å². The highest BCUT2D eigenvalue weighted by Crippen LogP contribution is 2.18. The van der Waals surface area contributed by atoms with Crippen LogP contribution in [0.15, 0.2) is 22.3 Å². The summed E-state index contributed by atoms with van der Waals surface area (Å²) in [5, 5.41) is 10.1. The molecule has 6 heteroatoms. The van der Waals surface area contributed by atoms with Crippen LogP contribution in [0.3, 0.4) is 0 Å². The van der Waals surface area contributed by atoms with Crippen LogP contribution in [0.1, 0.15) is 19.2 Å². The van der Waals surface area contributed by atoms with E-state index in [2.05, 4.69) is 15.6 Å². The Hall–Kier alpha value is -1.69. The molecule has 0 aliphatic heterocycles. The van der Waals surface area contributed by atoms with E-state index >= 15 is 0 Å². The first-order valence-corrected chi connectivity index (χ1v) is 6.36. The maximum absolute atomic E-state index is 12.2. The molecule has 0 aliphatic carbocycles. The number of rotatable bonds is 4. The highest BCUT2D eigenvalue weighted by molar-refractivity contribution is 7.13. The van der Waals surface area contributed by atoms with E-state index in [-0.39, 0.29) is 5.56 Å². The number of thiophene rings is 1. The predicted octanol–water partition coefficient (Wildman–Crippen LogP) is 1.49. The van der Waals surface area contributed by atoms with Crippen molar-refractivity contribution in [3.05, 3.63) is 33.7 Å². The van der Waals surface area contributed by atoms with Crippen molar-refractivity contribution in [1.29, 1.82) is 0 Å². The molecule has 2 aromatic rings. The first-order valence-electron chi connectivity index (χ1n) is 5.48. The second kappa shape index (κ2) is 5.09. The third kappa shape index (κ3) is 2.21. The second-order valence-corrected chi connectivity index (χ2v) is 4.50. The molecule has 0 spiro atoms. The molecule has 0 saturated heterocycles. The third-order valence-electron chi connectivity index (χ3n) is 2.38. The second-order valence-electron chi connectivity index (χ2n) is 3.56. The molecule has 2 rings (SSSR count). The fraction of sp³-hybridized carbons (Fsp3) is 0.364. The lowest BCUT2D eigenvalue weighted by Gasteiger charge is -2.10. The molecule has 1 N–H and O–H groups in total. The topological polar surface area (TPSA) is 59.8 Å². The van der Waals surface area contributed by atoms with Crippen molar-refractivity contribution in [2.45, 2.75) is 19.8 Å². The lowest BCUT2D eigenvalue weighted by Crippen LogP contribution is -2.33. The Morgan fingerprint density at radius 3 is 2.88 bits per heavy atom. The summed E-state index contributed by atoms with van der Waals surface area (Å²) < 4.78 is 1.46. The Labute approximate surface area is 103 Å². The van der Waals surface area contributed by atoms with Gasteiger partial charge in [-0.25, -0.2) is 4.68 Å². The number of aromatic nitrogens is 3. The van der Waals surface area contributed by atoms with E-state index in [4.69, 9.17) is 0 Å². The van der Waals surface area contributed by atoms with Crippen molar-refractivity contribution in [2.75, 3.05) is 12.5 Å². The minimum absolute atomic E-state index is 0.145. The molecule has 0 unspecified atom stereocenters. The first-order chi connectivity index (χ1) is 8.27. The first kappa shape index (κ1) is 11.8. The summed E-state index contributed by atoms with van der Waals surface area (Å²) in [6.07, 6.45) is 1.65. The van der Waals surface area contributed by atoms with Crippen LogP contribution in [0.2, 0.25) is 0 Å². The van der Waals surface area contributed by atoms with Gasteiger partial charge >= 0.3 is 0 Å². The Bertz CT molecular complexity index is 547. The zero-order valence-corrected chi connectivity index (χ0v) is 10.6. The van der Waals surface area contributed by atoms with Crippen molar-refractivity contribution in [1.82, 2.24) is 14.9 Å². The van der Waals surface area contributed by atoms with Gasteiger partial charge < -0.3 is 5.43 Å². The molecular formula is C11H14N4OS. The van der Waals surface area contributed by atoms with Gasteiger partial charge in [0, 0.05) is 13.5 Å². The van der Waals surface area contributed by atoms with Crippen molar-refractivity contribution in [3.63, 3.8) is 0 Å². The average molecular weight is 250 g/mol. The Morgan fingerprint density at radius 2 is 2.29 bits per heavy atom. The summed E-state index contributed by atoms with van der Waals surface area (Å²) in [6, 6.07) is 3.76. The van der Waals surface area contributed by atoms with Crippen LogP contribution in [-0.2, 0) is 6.42 Å². The van der Waals surface area contributed by atoms with Gasteiger partial charge in [-0.3, -0.25) is 4.79 Å². The van der Waals surface area contributed by atoms with Gasteiger partial charge in [0.25, 0.3) is 5.56 Å². The van der Waals surface area contributed by atoms with Crippen LogP contribution in [0.5, 0.6) is 0 Å². The van der Waals surface area contributed by atoms with Crippen LogP contribution in [0, 0.1) is 0 Å². The molecule has 0 saturated carbocycles. The number of hydrogen-bond acceptors (Lipinski definition) is 5. The molecule has 0 aromatic carbocycles. The third-order valence-corrected chi connectivity index (χ3v) is 3.26. The van der Waals surface area contributed by atoms with E-state index < -0.39 is 0 Å². The van der Waals surface area contributed by atoms with Crippen molar-refractivity contribution >= 4 is 11.3 Å². The molecule has 90 valence electrons. The largest absolute Gasteiger partial charge is 0.324 e. The molecule has 5 nitrogen and oxygen atoms in total. The molecule has 0 bridgehead atoms. The zero-order valence-electron chi connectivity index (χ0n) is 9.80. The quantitative estimate of drug-likeness (QED) is 0.893. The van der Waals surface area contributed by atoms with E-state index in [0.29, 0.717) is 11.5 Å². The van der Waals surface area contributed by atoms with Crippen molar-refractivity contribution < 1.29 is 0 Å². The molecular weight excluding hydrogens is 236 g/mol. The van der Waals surface area contributed by atoms with E-state index in [1.165, 1.54) is 16.0 Å². The lowest BCUT2D eigenvalue weighted by molar-refractivity contribution is 0.682. The minimum Gasteiger partial charge on any atom is -0.324 e. The Balaban J connectivity index is 2.55. The van der Waals surface area contributed by atoms with Crippen LogP contribution in [-0.4, -0.2) is 21.9 Å². The van der Waals surface area contributed by atoms with E-state index in [1.807, 2.05) is 24.4 Å². The maximum Gasteiger partial charge on any atom is 0.299 e. The van der Waals surface area contributed by atoms with Crippen molar-refractivity contribution in [3.8, 4) is 10.6 Å². The average Bonchev–Trinajstić information content (AvgIpc) is 2.83. The van der Waals surface area contributed by atoms with Crippen LogP contribution >= 0.6 is 11.3 Å². The smallest absolute Gasteiger partial charge is 0.299 e. The summed E-state index contributed by atoms with van der Waals surface area (Å²) in [5.41, 5.74) is 3.11. The standard InChI is InChI=1S/C11H14N4OS/c1-3-5-9-13-14-10(8-6-4-7-17-8)11(16)15(9)12-2/h4,6-7,12H,3,5H2,1-2H3. The van der Waals surface area contributed by atoms with Gasteiger partial charge in [0.2, 0.25) is 0 Å². The van der Waals surface area contributed by atoms with Gasteiger partial charge in [-0.1, -0.05) is 13.0 Å². The van der Waals surface area contributed by atoms with Crippen LogP contribution in [0.4, 0.5) is 0 Å². The molecule has 0 atom stereocenters.